The van der Waals surface area contributed by atoms with Crippen molar-refractivity contribution in [2.45, 2.75) is 32.9 Å². The van der Waals surface area contributed by atoms with Gasteiger partial charge in [0.05, 0.1) is 19.8 Å². The molecule has 0 unspecified atom stereocenters. The summed E-state index contributed by atoms with van der Waals surface area (Å²) in [6, 6.07) is 2.12. The minimum Gasteiger partial charge on any atom is -0.379 e. The Bertz CT molecular complexity index is 453. The van der Waals surface area contributed by atoms with Crippen molar-refractivity contribution in [3.8, 4) is 0 Å². The van der Waals surface area contributed by atoms with Gasteiger partial charge in [0.1, 0.15) is 0 Å². The van der Waals surface area contributed by atoms with Gasteiger partial charge in [0, 0.05) is 31.7 Å². The zero-order valence-electron chi connectivity index (χ0n) is 13.9. The predicted molar refractivity (Wildman–Crippen MR) is 93.6 cm³/mol. The van der Waals surface area contributed by atoms with Gasteiger partial charge < -0.3 is 15.4 Å². The van der Waals surface area contributed by atoms with Gasteiger partial charge >= 0.3 is 0 Å². The SMILES string of the molecule is CCNC(=NCc1ccsc1)NCC(C)(C)N1CCOCC1. The van der Waals surface area contributed by atoms with Crippen molar-refractivity contribution in [3.05, 3.63) is 22.4 Å². The standard InChI is InChI=1S/C16H28N4OS/c1-4-17-15(18-11-14-5-10-22-12-14)19-13-16(2,3)20-6-8-21-9-7-20/h5,10,12H,4,6-9,11,13H2,1-3H3,(H2,17,18,19). The van der Waals surface area contributed by atoms with Crippen molar-refractivity contribution in [2.24, 2.45) is 4.99 Å². The van der Waals surface area contributed by atoms with Crippen LogP contribution < -0.4 is 10.6 Å². The molecule has 0 spiro atoms. The van der Waals surface area contributed by atoms with E-state index in [1.54, 1.807) is 11.3 Å². The van der Waals surface area contributed by atoms with Crippen molar-refractivity contribution < 1.29 is 4.74 Å². The number of ether oxygens (including phenoxy) is 1. The third kappa shape index (κ3) is 5.26. The van der Waals surface area contributed by atoms with Gasteiger partial charge in [0.15, 0.2) is 5.96 Å². The Morgan fingerprint density at radius 1 is 1.36 bits per heavy atom. The van der Waals surface area contributed by atoms with Gasteiger partial charge in [-0.2, -0.15) is 11.3 Å². The molecular weight excluding hydrogens is 296 g/mol. The lowest BCUT2D eigenvalue weighted by molar-refractivity contribution is -0.00834. The summed E-state index contributed by atoms with van der Waals surface area (Å²) in [5.41, 5.74) is 1.34. The Hall–Kier alpha value is -1.11. The van der Waals surface area contributed by atoms with Crippen LogP contribution in [0.3, 0.4) is 0 Å². The highest BCUT2D eigenvalue weighted by molar-refractivity contribution is 7.07. The molecule has 0 bridgehead atoms. The van der Waals surface area contributed by atoms with Gasteiger partial charge in [0.25, 0.3) is 0 Å². The summed E-state index contributed by atoms with van der Waals surface area (Å²) in [6.07, 6.45) is 0. The molecule has 2 heterocycles. The van der Waals surface area contributed by atoms with Gasteiger partial charge in [-0.15, -0.1) is 0 Å². The molecule has 0 amide bonds. The molecule has 1 saturated heterocycles. The van der Waals surface area contributed by atoms with Crippen LogP contribution in [0, 0.1) is 0 Å². The number of rotatable bonds is 6. The van der Waals surface area contributed by atoms with Crippen molar-refractivity contribution in [1.82, 2.24) is 15.5 Å². The van der Waals surface area contributed by atoms with E-state index >= 15 is 0 Å². The van der Waals surface area contributed by atoms with Crippen molar-refractivity contribution in [1.29, 1.82) is 0 Å². The fourth-order valence-corrected chi connectivity index (χ4v) is 3.14. The van der Waals surface area contributed by atoms with Crippen molar-refractivity contribution in [3.63, 3.8) is 0 Å². The molecule has 2 N–H and O–H groups in total. The number of nitrogens with one attached hydrogen (secondary N) is 2. The molecule has 22 heavy (non-hydrogen) atoms. The van der Waals surface area contributed by atoms with E-state index in [0.29, 0.717) is 0 Å². The Labute approximate surface area is 137 Å². The maximum absolute atomic E-state index is 5.44. The zero-order valence-corrected chi connectivity index (χ0v) is 14.7. The summed E-state index contributed by atoms with van der Waals surface area (Å²) in [7, 11) is 0. The molecule has 1 aliphatic heterocycles. The molecule has 0 aromatic carbocycles. The Morgan fingerprint density at radius 2 is 2.14 bits per heavy atom. The zero-order chi connectivity index (χ0) is 15.8. The second kappa shape index (κ2) is 8.50. The average Bonchev–Trinajstić information content (AvgIpc) is 3.04. The van der Waals surface area contributed by atoms with E-state index < -0.39 is 0 Å². The summed E-state index contributed by atoms with van der Waals surface area (Å²) in [4.78, 5) is 7.14. The first-order chi connectivity index (χ1) is 10.6. The molecule has 1 aromatic rings. The molecule has 5 nitrogen and oxygen atoms in total. The van der Waals surface area contributed by atoms with E-state index in [2.05, 4.69) is 58.1 Å². The van der Waals surface area contributed by atoms with Crippen LogP contribution in [0.15, 0.2) is 21.8 Å². The van der Waals surface area contributed by atoms with E-state index in [4.69, 9.17) is 4.74 Å². The van der Waals surface area contributed by atoms with Crippen LogP contribution in [0.5, 0.6) is 0 Å². The monoisotopic (exact) mass is 324 g/mol. The number of morpholine rings is 1. The van der Waals surface area contributed by atoms with Gasteiger partial charge in [-0.05, 0) is 43.2 Å². The quantitative estimate of drug-likeness (QED) is 0.620. The molecule has 1 aromatic heterocycles. The van der Waals surface area contributed by atoms with E-state index in [1.807, 2.05) is 0 Å². The predicted octanol–water partition coefficient (Wildman–Crippen LogP) is 1.91. The highest BCUT2D eigenvalue weighted by Crippen LogP contribution is 2.15. The van der Waals surface area contributed by atoms with Crippen LogP contribution in [0.25, 0.3) is 0 Å². The van der Waals surface area contributed by atoms with E-state index in [9.17, 15) is 0 Å². The smallest absolute Gasteiger partial charge is 0.191 e. The first-order valence-corrected chi connectivity index (χ1v) is 8.92. The largest absolute Gasteiger partial charge is 0.379 e. The van der Waals surface area contributed by atoms with E-state index in [1.165, 1.54) is 5.56 Å². The Kier molecular flexibility index (Phi) is 6.67. The first kappa shape index (κ1) is 17.2. The molecule has 2 rings (SSSR count). The molecule has 0 aliphatic carbocycles. The second-order valence-electron chi connectivity index (χ2n) is 6.09. The Balaban J connectivity index is 1.88. The number of thiophene rings is 1. The molecule has 0 saturated carbocycles. The van der Waals surface area contributed by atoms with Crippen LogP contribution in [0.1, 0.15) is 26.3 Å². The third-order valence-corrected chi connectivity index (χ3v) is 4.63. The molecular formula is C16H28N4OS. The number of nitrogens with zero attached hydrogens (tertiary/aromatic N) is 2. The summed E-state index contributed by atoms with van der Waals surface area (Å²) in [6.45, 7) is 12.7. The first-order valence-electron chi connectivity index (χ1n) is 7.98. The topological polar surface area (TPSA) is 48.9 Å². The molecule has 1 fully saturated rings. The summed E-state index contributed by atoms with van der Waals surface area (Å²) >= 11 is 1.71. The minimum absolute atomic E-state index is 0.0857. The van der Waals surface area contributed by atoms with Gasteiger partial charge in [0.2, 0.25) is 0 Å². The fraction of sp³-hybridized carbons (Fsp3) is 0.688. The molecule has 6 heteroatoms. The van der Waals surface area contributed by atoms with E-state index in [-0.39, 0.29) is 5.54 Å². The lowest BCUT2D eigenvalue weighted by Gasteiger charge is -2.41. The van der Waals surface area contributed by atoms with E-state index in [0.717, 1.165) is 51.9 Å². The molecule has 124 valence electrons. The summed E-state index contributed by atoms with van der Waals surface area (Å²) in [5, 5.41) is 11.0. The van der Waals surface area contributed by atoms with Gasteiger partial charge in [-0.25, -0.2) is 4.99 Å². The van der Waals surface area contributed by atoms with Gasteiger partial charge in [-0.1, -0.05) is 0 Å². The van der Waals surface area contributed by atoms with Crippen LogP contribution >= 0.6 is 11.3 Å². The lowest BCUT2D eigenvalue weighted by Crippen LogP contribution is -2.56. The van der Waals surface area contributed by atoms with Crippen LogP contribution in [0.2, 0.25) is 0 Å². The van der Waals surface area contributed by atoms with Crippen LogP contribution in [-0.4, -0.2) is 55.8 Å². The second-order valence-corrected chi connectivity index (χ2v) is 6.87. The maximum atomic E-state index is 5.44. The summed E-state index contributed by atoms with van der Waals surface area (Å²) < 4.78 is 5.44. The molecule has 1 aliphatic rings. The molecule has 0 atom stereocenters. The van der Waals surface area contributed by atoms with Crippen molar-refractivity contribution >= 4 is 17.3 Å². The fourth-order valence-electron chi connectivity index (χ4n) is 2.48. The number of aliphatic imine (C=N–C) groups is 1. The average molecular weight is 324 g/mol. The number of hydrogen-bond acceptors (Lipinski definition) is 4. The minimum atomic E-state index is 0.0857. The Morgan fingerprint density at radius 3 is 2.77 bits per heavy atom. The van der Waals surface area contributed by atoms with Crippen LogP contribution in [-0.2, 0) is 11.3 Å². The lowest BCUT2D eigenvalue weighted by atomic mass is 10.0. The number of hydrogen-bond donors (Lipinski definition) is 2. The maximum Gasteiger partial charge on any atom is 0.191 e. The van der Waals surface area contributed by atoms with Crippen molar-refractivity contribution in [2.75, 3.05) is 39.4 Å². The summed E-state index contributed by atoms with van der Waals surface area (Å²) in [5.74, 6) is 0.884. The highest BCUT2D eigenvalue weighted by Gasteiger charge is 2.28. The van der Waals surface area contributed by atoms with Crippen LogP contribution in [0.4, 0.5) is 0 Å². The third-order valence-electron chi connectivity index (χ3n) is 3.90. The molecule has 0 radical (unpaired) electrons. The normalized spacial score (nSPS) is 17.5. The highest BCUT2D eigenvalue weighted by atomic mass is 32.1. The van der Waals surface area contributed by atoms with Gasteiger partial charge in [-0.3, -0.25) is 4.90 Å². The number of guanidine groups is 1.